The van der Waals surface area contributed by atoms with Gasteiger partial charge in [-0.3, -0.25) is 4.79 Å². The van der Waals surface area contributed by atoms with Crippen LogP contribution in [0.15, 0.2) is 54.6 Å². The van der Waals surface area contributed by atoms with Crippen LogP contribution in [0.25, 0.3) is 0 Å². The van der Waals surface area contributed by atoms with Crippen LogP contribution in [0.4, 0.5) is 0 Å². The number of hydrogen-bond acceptors (Lipinski definition) is 5. The molecule has 3 atom stereocenters. The third-order valence-corrected chi connectivity index (χ3v) is 7.55. The number of ether oxygens (including phenoxy) is 3. The number of carbonyl (C=O) groups excluding carboxylic acids is 1. The van der Waals surface area contributed by atoms with E-state index in [0.29, 0.717) is 46.8 Å². The average molecular weight is 706 g/mol. The summed E-state index contributed by atoms with van der Waals surface area (Å²) in [4.78, 5) is 12.6. The van der Waals surface area contributed by atoms with Gasteiger partial charge in [-0.2, -0.15) is 0 Å². The first-order chi connectivity index (χ1) is 18.0. The molecular formula is C26H21BrCl6O5. The number of benzene rings is 3. The summed E-state index contributed by atoms with van der Waals surface area (Å²) in [5, 5.41) is 13.6. The molecule has 0 bridgehead atoms. The Bertz CT molecular complexity index is 1260. The van der Waals surface area contributed by atoms with Crippen LogP contribution in [-0.2, 0) is 38.8 Å². The van der Waals surface area contributed by atoms with Crippen molar-refractivity contribution in [3.63, 3.8) is 0 Å². The van der Waals surface area contributed by atoms with Crippen LogP contribution in [0.3, 0.4) is 0 Å². The fourth-order valence-corrected chi connectivity index (χ4v) is 5.14. The normalized spacial score (nSPS) is 13.8. The molecule has 3 rings (SSSR count). The minimum absolute atomic E-state index is 0.0391. The van der Waals surface area contributed by atoms with Crippen LogP contribution >= 0.6 is 85.5 Å². The first-order valence-electron chi connectivity index (χ1n) is 11.0. The Labute approximate surface area is 258 Å². The molecule has 3 aromatic rings. The molecular weight excluding hydrogens is 685 g/mol. The molecule has 0 radical (unpaired) electrons. The Hall–Kier alpha value is -0.610. The molecule has 0 heterocycles. The predicted molar refractivity (Wildman–Crippen MR) is 156 cm³/mol. The monoisotopic (exact) mass is 702 g/mol. The molecule has 0 aromatic heterocycles. The minimum atomic E-state index is -1.28. The average Bonchev–Trinajstić information content (AvgIpc) is 2.84. The van der Waals surface area contributed by atoms with Gasteiger partial charge >= 0.3 is 0 Å². The molecule has 12 heteroatoms. The Kier molecular flexibility index (Phi) is 12.9. The van der Waals surface area contributed by atoms with E-state index in [4.69, 9.17) is 83.8 Å². The Morgan fingerprint density at radius 1 is 0.711 bits per heavy atom. The fourth-order valence-electron chi connectivity index (χ4n) is 3.36. The number of aliphatic hydroxyl groups excluding tert-OH is 1. The van der Waals surface area contributed by atoms with Crippen LogP contribution in [-0.4, -0.2) is 34.7 Å². The highest BCUT2D eigenvalue weighted by molar-refractivity contribution is 9.18. The zero-order valence-electron chi connectivity index (χ0n) is 19.5. The van der Waals surface area contributed by atoms with Crippen molar-refractivity contribution in [2.75, 3.05) is 6.61 Å². The lowest BCUT2D eigenvalue weighted by molar-refractivity contribution is -0.158. The molecule has 0 spiro atoms. The number of halogens is 7. The molecule has 3 aromatic carbocycles. The Balaban J connectivity index is 1.76. The summed E-state index contributed by atoms with van der Waals surface area (Å²) in [6.07, 6.45) is -3.66. The zero-order valence-corrected chi connectivity index (χ0v) is 25.6. The summed E-state index contributed by atoms with van der Waals surface area (Å²) in [7, 11) is 0. The second-order valence-electron chi connectivity index (χ2n) is 8.10. The lowest BCUT2D eigenvalue weighted by Gasteiger charge is -2.29. The van der Waals surface area contributed by atoms with E-state index in [9.17, 15) is 9.90 Å². The van der Waals surface area contributed by atoms with Crippen molar-refractivity contribution < 1.29 is 24.1 Å². The van der Waals surface area contributed by atoms with Crippen molar-refractivity contribution >= 4 is 90.2 Å². The highest BCUT2D eigenvalue weighted by atomic mass is 79.9. The molecule has 0 amide bonds. The van der Waals surface area contributed by atoms with E-state index in [1.807, 2.05) is 0 Å². The van der Waals surface area contributed by atoms with Gasteiger partial charge in [-0.25, -0.2) is 0 Å². The second kappa shape index (κ2) is 15.4. The van der Waals surface area contributed by atoms with E-state index in [0.717, 1.165) is 0 Å². The lowest BCUT2D eigenvalue weighted by Crippen LogP contribution is -2.46. The maximum atomic E-state index is 12.6. The van der Waals surface area contributed by atoms with Crippen molar-refractivity contribution in [1.82, 2.24) is 0 Å². The Morgan fingerprint density at radius 2 is 1.13 bits per heavy atom. The van der Waals surface area contributed by atoms with Crippen LogP contribution in [0, 0.1) is 0 Å². The first-order valence-corrected chi connectivity index (χ1v) is 14.1. The standard InChI is InChI=1S/C26H21BrCl6O5/c27-26(35)25(38-12-16-3-6-19(30)9-22(16)33)24(37-11-15-2-5-18(29)8-21(15)32)23(34)13-36-10-14-1-4-17(28)7-20(14)31/h1-9,23-25,34H,10-13H2/t23-,24-,25-/m1/s1. The largest absolute Gasteiger partial charge is 0.388 e. The number of rotatable bonds is 13. The summed E-state index contributed by atoms with van der Waals surface area (Å²) in [6, 6.07) is 14.8. The van der Waals surface area contributed by atoms with Crippen molar-refractivity contribution in [2.24, 2.45) is 0 Å². The van der Waals surface area contributed by atoms with Crippen LogP contribution in [0.2, 0.25) is 30.1 Å². The number of carbonyl (C=O) groups is 1. The van der Waals surface area contributed by atoms with Crippen molar-refractivity contribution in [1.29, 1.82) is 0 Å². The van der Waals surface area contributed by atoms with Gasteiger partial charge in [0.2, 0.25) is 4.69 Å². The maximum Gasteiger partial charge on any atom is 0.229 e. The molecule has 5 nitrogen and oxygen atoms in total. The summed E-state index contributed by atoms with van der Waals surface area (Å²) in [5.74, 6) is 0. The van der Waals surface area contributed by atoms with Gasteiger partial charge in [0.05, 0.1) is 26.4 Å². The zero-order chi connectivity index (χ0) is 27.8. The summed E-state index contributed by atoms with van der Waals surface area (Å²) in [5.41, 5.74) is 1.87. The summed E-state index contributed by atoms with van der Waals surface area (Å²) >= 11 is 39.6. The maximum absolute atomic E-state index is 12.6. The number of hydrogen-bond donors (Lipinski definition) is 1. The molecule has 1 N–H and O–H groups in total. The van der Waals surface area contributed by atoms with E-state index < -0.39 is 23.0 Å². The molecule has 0 aliphatic heterocycles. The molecule has 0 fully saturated rings. The van der Waals surface area contributed by atoms with Gasteiger partial charge in [0.25, 0.3) is 0 Å². The number of aliphatic hydroxyl groups is 1. The van der Waals surface area contributed by atoms with Crippen LogP contribution in [0.1, 0.15) is 16.7 Å². The van der Waals surface area contributed by atoms with Crippen LogP contribution in [0.5, 0.6) is 0 Å². The van der Waals surface area contributed by atoms with Crippen LogP contribution < -0.4 is 0 Å². The van der Waals surface area contributed by atoms with Gasteiger partial charge in [0.1, 0.15) is 12.2 Å². The van der Waals surface area contributed by atoms with Gasteiger partial charge < -0.3 is 19.3 Å². The predicted octanol–water partition coefficient (Wildman–Crippen LogP) is 8.58. The van der Waals surface area contributed by atoms with E-state index in [1.54, 1.807) is 54.6 Å². The third-order valence-electron chi connectivity index (χ3n) is 5.34. The SMILES string of the molecule is O=C(Br)[C@H](OCc1ccc(Cl)cc1Cl)[C@H](OCc1ccc(Cl)cc1Cl)[C@H](O)COCc1ccc(Cl)cc1Cl. The quantitative estimate of drug-likeness (QED) is 0.181. The van der Waals surface area contributed by atoms with E-state index >= 15 is 0 Å². The van der Waals surface area contributed by atoms with Gasteiger partial charge in [-0.15, -0.1) is 0 Å². The lowest BCUT2D eigenvalue weighted by atomic mass is 10.1. The third kappa shape index (κ3) is 9.50. The molecule has 204 valence electrons. The Morgan fingerprint density at radius 3 is 1.55 bits per heavy atom. The van der Waals surface area contributed by atoms with Gasteiger partial charge in [-0.1, -0.05) is 87.8 Å². The van der Waals surface area contributed by atoms with Crippen molar-refractivity contribution in [3.8, 4) is 0 Å². The minimum Gasteiger partial charge on any atom is -0.388 e. The van der Waals surface area contributed by atoms with Gasteiger partial charge in [0, 0.05) is 30.1 Å². The van der Waals surface area contributed by atoms with E-state index in [2.05, 4.69) is 15.9 Å². The summed E-state index contributed by atoms with van der Waals surface area (Å²) < 4.78 is 17.0. The highest BCUT2D eigenvalue weighted by Gasteiger charge is 2.35. The van der Waals surface area contributed by atoms with Crippen molar-refractivity contribution in [2.45, 2.75) is 38.1 Å². The van der Waals surface area contributed by atoms with Gasteiger partial charge in [0.15, 0.2) is 6.10 Å². The van der Waals surface area contributed by atoms with E-state index in [1.165, 1.54) is 0 Å². The molecule has 0 aliphatic carbocycles. The molecule has 38 heavy (non-hydrogen) atoms. The second-order valence-corrected chi connectivity index (χ2v) is 11.4. The molecule has 0 saturated carbocycles. The molecule has 0 aliphatic rings. The smallest absolute Gasteiger partial charge is 0.229 e. The van der Waals surface area contributed by atoms with E-state index in [-0.39, 0.29) is 26.4 Å². The molecule has 0 saturated heterocycles. The molecule has 0 unspecified atom stereocenters. The van der Waals surface area contributed by atoms with Gasteiger partial charge in [-0.05, 0) is 69.0 Å². The summed E-state index contributed by atoms with van der Waals surface area (Å²) in [6.45, 7) is -0.188. The fraction of sp³-hybridized carbons (Fsp3) is 0.269. The highest BCUT2D eigenvalue weighted by Crippen LogP contribution is 2.27. The first kappa shape index (κ1) is 31.9. The topological polar surface area (TPSA) is 65.0 Å². The van der Waals surface area contributed by atoms with Crippen molar-refractivity contribution in [3.05, 3.63) is 101 Å².